The van der Waals surface area contributed by atoms with E-state index in [-0.39, 0.29) is 5.41 Å². The Balaban J connectivity index is 1.82. The first-order chi connectivity index (χ1) is 14.7. The number of benzene rings is 3. The lowest BCUT2D eigenvalue weighted by molar-refractivity contribution is -0.633. The van der Waals surface area contributed by atoms with E-state index in [1.807, 2.05) is 6.92 Å². The first-order valence-corrected chi connectivity index (χ1v) is 10.7. The summed E-state index contributed by atoms with van der Waals surface area (Å²) >= 11 is 0. The Morgan fingerprint density at radius 2 is 1.65 bits per heavy atom. The van der Waals surface area contributed by atoms with Crippen LogP contribution in [-0.2, 0) is 12.5 Å². The molecule has 0 saturated heterocycles. The number of imidazole rings is 1. The van der Waals surface area contributed by atoms with Crippen LogP contribution in [0.2, 0.25) is 0 Å². The van der Waals surface area contributed by atoms with E-state index in [0.717, 1.165) is 28.2 Å². The highest BCUT2D eigenvalue weighted by atomic mass is 16.3. The third-order valence-corrected chi connectivity index (χ3v) is 6.09. The number of hydrogen-bond donors (Lipinski definition) is 0. The first kappa shape index (κ1) is 19.6. The van der Waals surface area contributed by atoms with E-state index in [0.29, 0.717) is 5.89 Å². The van der Waals surface area contributed by atoms with E-state index in [2.05, 4.69) is 110 Å². The second-order valence-electron chi connectivity index (χ2n) is 9.37. The molecule has 0 spiro atoms. The normalized spacial score (nSPS) is 12.2. The Morgan fingerprint density at radius 3 is 2.35 bits per heavy atom. The SMILES string of the molecule is Cc1nc2cc(C)c(-c3n(-c4ccc(C(C)(C)C)cc4)c4ccccc4[n+]3C)cc2o1. The van der Waals surface area contributed by atoms with E-state index >= 15 is 0 Å². The Kier molecular flexibility index (Phi) is 4.30. The van der Waals surface area contributed by atoms with Crippen molar-refractivity contribution in [1.29, 1.82) is 0 Å². The molecule has 0 fully saturated rings. The lowest BCUT2D eigenvalue weighted by Gasteiger charge is -2.18. The van der Waals surface area contributed by atoms with Crippen LogP contribution in [0.3, 0.4) is 0 Å². The average molecular weight is 411 g/mol. The Hall–Kier alpha value is -3.40. The largest absolute Gasteiger partial charge is 0.441 e. The lowest BCUT2D eigenvalue weighted by Crippen LogP contribution is -2.30. The highest BCUT2D eigenvalue weighted by Crippen LogP contribution is 2.32. The van der Waals surface area contributed by atoms with Gasteiger partial charge in [-0.1, -0.05) is 45.0 Å². The van der Waals surface area contributed by atoms with Crippen LogP contribution in [0.25, 0.3) is 39.2 Å². The molecule has 0 saturated carbocycles. The second kappa shape index (κ2) is 6.81. The van der Waals surface area contributed by atoms with Crippen molar-refractivity contribution in [3.8, 4) is 17.1 Å². The Labute approximate surface area is 182 Å². The quantitative estimate of drug-likeness (QED) is 0.326. The lowest BCUT2D eigenvalue weighted by atomic mass is 9.87. The molecule has 156 valence electrons. The molecule has 0 radical (unpaired) electrons. The van der Waals surface area contributed by atoms with Gasteiger partial charge in [-0.3, -0.25) is 0 Å². The molecular weight excluding hydrogens is 382 g/mol. The van der Waals surface area contributed by atoms with E-state index in [9.17, 15) is 0 Å². The number of rotatable bonds is 2. The van der Waals surface area contributed by atoms with Crippen LogP contribution in [0.1, 0.15) is 37.8 Å². The van der Waals surface area contributed by atoms with Crippen molar-refractivity contribution in [3.05, 3.63) is 77.7 Å². The fraction of sp³-hybridized carbons (Fsp3) is 0.259. The minimum Gasteiger partial charge on any atom is -0.441 e. The topological polar surface area (TPSA) is 34.8 Å². The van der Waals surface area contributed by atoms with Gasteiger partial charge in [0.15, 0.2) is 22.5 Å². The number of aromatic nitrogens is 3. The smallest absolute Gasteiger partial charge is 0.295 e. The van der Waals surface area contributed by atoms with Crippen molar-refractivity contribution in [2.75, 3.05) is 0 Å². The van der Waals surface area contributed by atoms with E-state index in [4.69, 9.17) is 4.42 Å². The molecule has 0 aliphatic carbocycles. The molecule has 4 nitrogen and oxygen atoms in total. The fourth-order valence-corrected chi connectivity index (χ4v) is 4.42. The van der Waals surface area contributed by atoms with Crippen molar-refractivity contribution in [1.82, 2.24) is 9.55 Å². The molecule has 0 aliphatic rings. The molecule has 0 bridgehead atoms. The van der Waals surface area contributed by atoms with E-state index in [1.165, 1.54) is 22.2 Å². The van der Waals surface area contributed by atoms with Crippen molar-refractivity contribution < 1.29 is 8.98 Å². The van der Waals surface area contributed by atoms with Gasteiger partial charge in [-0.2, -0.15) is 4.57 Å². The van der Waals surface area contributed by atoms with Gasteiger partial charge in [-0.15, -0.1) is 0 Å². The van der Waals surface area contributed by atoms with Crippen LogP contribution in [-0.4, -0.2) is 9.55 Å². The minimum absolute atomic E-state index is 0.122. The Morgan fingerprint density at radius 1 is 0.935 bits per heavy atom. The molecule has 3 aromatic carbocycles. The fourth-order valence-electron chi connectivity index (χ4n) is 4.42. The van der Waals surface area contributed by atoms with Crippen molar-refractivity contribution in [2.24, 2.45) is 7.05 Å². The summed E-state index contributed by atoms with van der Waals surface area (Å²) in [7, 11) is 2.13. The molecule has 0 atom stereocenters. The first-order valence-electron chi connectivity index (χ1n) is 10.7. The highest BCUT2D eigenvalue weighted by molar-refractivity contribution is 5.84. The molecule has 31 heavy (non-hydrogen) atoms. The number of oxazole rings is 1. The molecule has 2 heterocycles. The standard InChI is InChI=1S/C27H28N3O/c1-17-15-22-25(31-18(2)28-22)16-21(17)26-29(6)23-9-7-8-10-24(23)30(26)20-13-11-19(12-14-20)27(3,4)5/h7-16H,1-6H3/q+1. The number of fused-ring (bicyclic) bond motifs is 2. The summed E-state index contributed by atoms with van der Waals surface area (Å²) in [4.78, 5) is 4.51. The van der Waals surface area contributed by atoms with Gasteiger partial charge < -0.3 is 4.42 Å². The molecule has 0 N–H and O–H groups in total. The molecule has 2 aromatic heterocycles. The van der Waals surface area contributed by atoms with E-state index < -0.39 is 0 Å². The van der Waals surface area contributed by atoms with Gasteiger partial charge in [0, 0.05) is 6.92 Å². The number of hydrogen-bond acceptors (Lipinski definition) is 2. The zero-order chi connectivity index (χ0) is 21.9. The predicted octanol–water partition coefficient (Wildman–Crippen LogP) is 6.18. The van der Waals surface area contributed by atoms with Crippen LogP contribution < -0.4 is 4.57 Å². The maximum absolute atomic E-state index is 5.87. The maximum Gasteiger partial charge on any atom is 0.295 e. The summed E-state index contributed by atoms with van der Waals surface area (Å²) < 4.78 is 10.5. The summed E-state index contributed by atoms with van der Waals surface area (Å²) in [6, 6.07) is 21.7. The van der Waals surface area contributed by atoms with Crippen LogP contribution >= 0.6 is 0 Å². The molecule has 4 heteroatoms. The molecule has 5 aromatic rings. The van der Waals surface area contributed by atoms with Gasteiger partial charge in [0.25, 0.3) is 5.82 Å². The molecule has 5 rings (SSSR count). The monoisotopic (exact) mass is 410 g/mol. The summed E-state index contributed by atoms with van der Waals surface area (Å²) in [6.07, 6.45) is 0. The third-order valence-electron chi connectivity index (χ3n) is 6.09. The zero-order valence-corrected chi connectivity index (χ0v) is 19.0. The minimum atomic E-state index is 0.122. The van der Waals surface area contributed by atoms with Crippen molar-refractivity contribution >= 4 is 22.1 Å². The van der Waals surface area contributed by atoms with E-state index in [1.54, 1.807) is 0 Å². The van der Waals surface area contributed by atoms with Crippen molar-refractivity contribution in [2.45, 2.75) is 40.0 Å². The molecule has 0 amide bonds. The van der Waals surface area contributed by atoms with Gasteiger partial charge in [0.05, 0.1) is 12.6 Å². The summed E-state index contributed by atoms with van der Waals surface area (Å²) in [6.45, 7) is 10.8. The molecular formula is C27H28N3O+. The zero-order valence-electron chi connectivity index (χ0n) is 19.0. The van der Waals surface area contributed by atoms with Crippen LogP contribution in [0.4, 0.5) is 0 Å². The van der Waals surface area contributed by atoms with Crippen LogP contribution in [0.15, 0.2) is 65.1 Å². The van der Waals surface area contributed by atoms with Gasteiger partial charge in [-0.25, -0.2) is 9.55 Å². The number of para-hydroxylation sites is 2. The Bertz CT molecular complexity index is 1430. The number of aryl methyl sites for hydroxylation is 3. The summed E-state index contributed by atoms with van der Waals surface area (Å²) in [5.74, 6) is 1.81. The van der Waals surface area contributed by atoms with Crippen LogP contribution in [0, 0.1) is 13.8 Å². The number of nitrogens with zero attached hydrogens (tertiary/aromatic N) is 3. The summed E-state index contributed by atoms with van der Waals surface area (Å²) in [5, 5.41) is 0. The van der Waals surface area contributed by atoms with Crippen molar-refractivity contribution in [3.63, 3.8) is 0 Å². The van der Waals surface area contributed by atoms with Gasteiger partial charge in [-0.05, 0) is 59.9 Å². The molecule has 0 unspecified atom stereocenters. The third kappa shape index (κ3) is 3.14. The van der Waals surface area contributed by atoms with Gasteiger partial charge in [0.2, 0.25) is 0 Å². The second-order valence-corrected chi connectivity index (χ2v) is 9.37. The molecule has 0 aliphatic heterocycles. The predicted molar refractivity (Wildman–Crippen MR) is 126 cm³/mol. The maximum atomic E-state index is 5.87. The average Bonchev–Trinajstić information content (AvgIpc) is 3.23. The van der Waals surface area contributed by atoms with Gasteiger partial charge in [0.1, 0.15) is 11.2 Å². The van der Waals surface area contributed by atoms with Gasteiger partial charge >= 0.3 is 0 Å². The highest BCUT2D eigenvalue weighted by Gasteiger charge is 2.28. The van der Waals surface area contributed by atoms with Crippen LogP contribution in [0.5, 0.6) is 0 Å². The summed E-state index contributed by atoms with van der Waals surface area (Å²) in [5.41, 5.74) is 8.99.